The molecule has 10 heavy (non-hydrogen) atoms. The summed E-state index contributed by atoms with van der Waals surface area (Å²) in [5.41, 5.74) is 5.53. The summed E-state index contributed by atoms with van der Waals surface area (Å²) in [5.74, 6) is 0.00463. The zero-order valence-electron chi connectivity index (χ0n) is 6.26. The Balaban J connectivity index is 2.49. The number of carbonyl (C=O) groups is 1. The molecule has 0 saturated carbocycles. The Labute approximate surface area is 61.0 Å². The Bertz CT molecular complexity index is 136. The van der Waals surface area contributed by atoms with Gasteiger partial charge in [-0.3, -0.25) is 4.79 Å². The fraction of sp³-hybridized carbons (Fsp3) is 0.857. The van der Waals surface area contributed by atoms with Crippen LogP contribution >= 0.6 is 0 Å². The molecule has 1 fully saturated rings. The van der Waals surface area contributed by atoms with Gasteiger partial charge in [0, 0.05) is 6.04 Å². The summed E-state index contributed by atoms with van der Waals surface area (Å²) in [4.78, 5) is 11.0. The average Bonchev–Trinajstić information content (AvgIpc) is 1.96. The van der Waals surface area contributed by atoms with E-state index in [9.17, 15) is 4.79 Å². The number of nitrogens with two attached hydrogens (primary N) is 1. The van der Waals surface area contributed by atoms with Crippen LogP contribution in [0.2, 0.25) is 0 Å². The van der Waals surface area contributed by atoms with Crippen LogP contribution in [-0.4, -0.2) is 18.0 Å². The van der Waals surface area contributed by atoms with Crippen LogP contribution in [0, 0.1) is 0 Å². The van der Waals surface area contributed by atoms with Crippen LogP contribution in [-0.2, 0) is 4.79 Å². The highest BCUT2D eigenvalue weighted by atomic mass is 16.2. The van der Waals surface area contributed by atoms with Crippen molar-refractivity contribution in [2.24, 2.45) is 5.73 Å². The van der Waals surface area contributed by atoms with Crippen molar-refractivity contribution in [3.8, 4) is 0 Å². The third-order valence-corrected chi connectivity index (χ3v) is 1.88. The van der Waals surface area contributed by atoms with Gasteiger partial charge >= 0.3 is 0 Å². The first-order valence-electron chi connectivity index (χ1n) is 3.76. The molecule has 0 aromatic heterocycles. The van der Waals surface area contributed by atoms with E-state index in [1.165, 1.54) is 0 Å². The highest BCUT2D eigenvalue weighted by Crippen LogP contribution is 2.07. The normalized spacial score (nSPS) is 34.8. The number of carbonyl (C=O) groups excluding carboxylic acids is 1. The van der Waals surface area contributed by atoms with Crippen LogP contribution < -0.4 is 11.1 Å². The second kappa shape index (κ2) is 3.01. The zero-order chi connectivity index (χ0) is 7.56. The van der Waals surface area contributed by atoms with E-state index in [0.29, 0.717) is 6.04 Å². The molecular weight excluding hydrogens is 128 g/mol. The summed E-state index contributed by atoms with van der Waals surface area (Å²) >= 11 is 0. The molecular formula is C7H14N2O. The highest BCUT2D eigenvalue weighted by Gasteiger charge is 2.18. The molecule has 58 valence electrons. The fourth-order valence-electron chi connectivity index (χ4n) is 1.20. The van der Waals surface area contributed by atoms with E-state index in [4.69, 9.17) is 5.73 Å². The minimum absolute atomic E-state index is 0.00463. The lowest BCUT2D eigenvalue weighted by atomic mass is 10.1. The summed E-state index contributed by atoms with van der Waals surface area (Å²) in [7, 11) is 0. The second-order valence-electron chi connectivity index (χ2n) is 2.95. The van der Waals surface area contributed by atoms with Crippen molar-refractivity contribution in [1.29, 1.82) is 0 Å². The number of nitrogens with one attached hydrogen (secondary N) is 1. The van der Waals surface area contributed by atoms with Crippen LogP contribution in [0.3, 0.4) is 0 Å². The van der Waals surface area contributed by atoms with E-state index < -0.39 is 0 Å². The molecule has 1 saturated heterocycles. The molecule has 0 spiro atoms. The molecule has 3 heteroatoms. The van der Waals surface area contributed by atoms with E-state index in [1.807, 2.05) is 6.92 Å². The molecule has 0 radical (unpaired) electrons. The maximum absolute atomic E-state index is 11.0. The molecule has 3 nitrogen and oxygen atoms in total. The van der Waals surface area contributed by atoms with E-state index >= 15 is 0 Å². The maximum Gasteiger partial charge on any atom is 0.237 e. The van der Waals surface area contributed by atoms with E-state index in [2.05, 4.69) is 5.32 Å². The Morgan fingerprint density at radius 3 is 3.00 bits per heavy atom. The molecule has 2 atom stereocenters. The Morgan fingerprint density at radius 1 is 1.60 bits per heavy atom. The Hall–Kier alpha value is -0.570. The monoisotopic (exact) mass is 142 g/mol. The van der Waals surface area contributed by atoms with Crippen molar-refractivity contribution in [1.82, 2.24) is 5.32 Å². The molecule has 1 aliphatic rings. The van der Waals surface area contributed by atoms with Crippen molar-refractivity contribution in [3.63, 3.8) is 0 Å². The van der Waals surface area contributed by atoms with Crippen molar-refractivity contribution in [2.75, 3.05) is 0 Å². The van der Waals surface area contributed by atoms with Crippen LogP contribution in [0.1, 0.15) is 26.2 Å². The Kier molecular flexibility index (Phi) is 2.27. The summed E-state index contributed by atoms with van der Waals surface area (Å²) in [5, 5.41) is 2.83. The second-order valence-corrected chi connectivity index (χ2v) is 2.95. The fourth-order valence-corrected chi connectivity index (χ4v) is 1.20. The highest BCUT2D eigenvalue weighted by molar-refractivity contribution is 5.81. The average molecular weight is 142 g/mol. The van der Waals surface area contributed by atoms with Crippen LogP contribution in [0.5, 0.6) is 0 Å². The van der Waals surface area contributed by atoms with Crippen LogP contribution in [0.15, 0.2) is 0 Å². The quantitative estimate of drug-likeness (QED) is 0.500. The molecule has 0 unspecified atom stereocenters. The van der Waals surface area contributed by atoms with Crippen molar-refractivity contribution in [2.45, 2.75) is 38.3 Å². The van der Waals surface area contributed by atoms with Crippen LogP contribution in [0.25, 0.3) is 0 Å². The molecule has 0 aromatic carbocycles. The van der Waals surface area contributed by atoms with Gasteiger partial charge in [0.15, 0.2) is 0 Å². The first kappa shape index (κ1) is 7.54. The van der Waals surface area contributed by atoms with Crippen molar-refractivity contribution in [3.05, 3.63) is 0 Å². The number of rotatable bonds is 0. The van der Waals surface area contributed by atoms with E-state index in [1.54, 1.807) is 0 Å². The molecule has 0 aromatic rings. The maximum atomic E-state index is 11.0. The molecule has 3 N–H and O–H groups in total. The topological polar surface area (TPSA) is 55.1 Å². The summed E-state index contributed by atoms with van der Waals surface area (Å²) in [6.07, 6.45) is 2.94. The predicted molar refractivity (Wildman–Crippen MR) is 39.4 cm³/mol. The number of hydrogen-bond donors (Lipinski definition) is 2. The minimum atomic E-state index is -0.273. The van der Waals surface area contributed by atoms with Gasteiger partial charge in [-0.05, 0) is 26.2 Å². The molecule has 1 aliphatic heterocycles. The zero-order valence-corrected chi connectivity index (χ0v) is 6.26. The van der Waals surface area contributed by atoms with Gasteiger partial charge < -0.3 is 11.1 Å². The standard InChI is InChI=1S/C7H14N2O/c1-5-3-2-4-6(8)7(10)9-5/h5-6H,2-4,8H2,1H3,(H,9,10)/t5-,6+/m0/s1. The largest absolute Gasteiger partial charge is 0.352 e. The molecule has 1 rings (SSSR count). The third-order valence-electron chi connectivity index (χ3n) is 1.88. The predicted octanol–water partition coefficient (Wildman–Crippen LogP) is 0.00230. The van der Waals surface area contributed by atoms with E-state index in [-0.39, 0.29) is 11.9 Å². The van der Waals surface area contributed by atoms with Gasteiger partial charge in [0.05, 0.1) is 6.04 Å². The number of amides is 1. The summed E-state index contributed by atoms with van der Waals surface area (Å²) in [6.45, 7) is 2.01. The molecule has 0 aliphatic carbocycles. The lowest BCUT2D eigenvalue weighted by Crippen LogP contribution is -2.41. The van der Waals surface area contributed by atoms with Gasteiger partial charge in [0.1, 0.15) is 0 Å². The van der Waals surface area contributed by atoms with Gasteiger partial charge in [-0.15, -0.1) is 0 Å². The van der Waals surface area contributed by atoms with Gasteiger partial charge in [-0.25, -0.2) is 0 Å². The van der Waals surface area contributed by atoms with E-state index in [0.717, 1.165) is 19.3 Å². The third kappa shape index (κ3) is 1.70. The first-order valence-corrected chi connectivity index (χ1v) is 3.76. The SMILES string of the molecule is C[C@H]1CCC[C@@H](N)C(=O)N1. The molecule has 0 bridgehead atoms. The van der Waals surface area contributed by atoms with Gasteiger partial charge in [0.25, 0.3) is 0 Å². The van der Waals surface area contributed by atoms with Gasteiger partial charge in [-0.2, -0.15) is 0 Å². The summed E-state index contributed by atoms with van der Waals surface area (Å²) < 4.78 is 0. The lowest BCUT2D eigenvalue weighted by molar-refractivity contribution is -0.122. The summed E-state index contributed by atoms with van der Waals surface area (Å²) in [6, 6.07) is 0.0333. The van der Waals surface area contributed by atoms with Gasteiger partial charge in [0.2, 0.25) is 5.91 Å². The van der Waals surface area contributed by atoms with Gasteiger partial charge in [-0.1, -0.05) is 0 Å². The molecule has 1 amide bonds. The van der Waals surface area contributed by atoms with Crippen LogP contribution in [0.4, 0.5) is 0 Å². The smallest absolute Gasteiger partial charge is 0.237 e. The van der Waals surface area contributed by atoms with Crippen molar-refractivity contribution < 1.29 is 4.79 Å². The number of hydrogen-bond acceptors (Lipinski definition) is 2. The molecule has 1 heterocycles. The first-order chi connectivity index (χ1) is 4.70. The minimum Gasteiger partial charge on any atom is -0.352 e. The lowest BCUT2D eigenvalue weighted by Gasteiger charge is -2.09. The van der Waals surface area contributed by atoms with Crippen molar-refractivity contribution >= 4 is 5.91 Å². The Morgan fingerprint density at radius 2 is 2.30 bits per heavy atom.